The lowest BCUT2D eigenvalue weighted by Gasteiger charge is -2.32. The number of anilines is 3. The maximum Gasteiger partial charge on any atom is 0.234 e. The molecule has 0 amide bonds. The number of benzene rings is 1. The van der Waals surface area contributed by atoms with Crippen molar-refractivity contribution in [3.8, 4) is 0 Å². The lowest BCUT2D eigenvalue weighted by molar-refractivity contribution is 0.226. The molecule has 0 radical (unpaired) electrons. The fourth-order valence-corrected chi connectivity index (χ4v) is 3.70. The Hall–Kier alpha value is -2.45. The topological polar surface area (TPSA) is 71.4 Å². The molecule has 0 saturated carbocycles. The number of rotatable bonds is 5. The number of likely N-dealkylation sites (tertiary alicyclic amines) is 1. The molecule has 1 aliphatic heterocycles. The number of guanidine groups is 1. The standard InChI is InChI=1S/C21H29ClFN7/c1-5-30-10-6-7-15(13-30)26-19-11-14(2)25-21(27-19)29(4)20(24)28(3)16-8-9-17(22)18(23)12-16/h8-9,11-12,15,24H,5-7,10,13H2,1-4H3,(H,25,26,27). The second kappa shape index (κ2) is 9.57. The number of piperidine rings is 1. The van der Waals surface area contributed by atoms with Gasteiger partial charge in [-0.05, 0) is 51.1 Å². The summed E-state index contributed by atoms with van der Waals surface area (Å²) in [6.45, 7) is 7.26. The maximum absolute atomic E-state index is 13.8. The van der Waals surface area contributed by atoms with Gasteiger partial charge in [0.2, 0.25) is 11.9 Å². The predicted molar refractivity (Wildman–Crippen MR) is 121 cm³/mol. The van der Waals surface area contributed by atoms with E-state index in [1.54, 1.807) is 30.0 Å². The monoisotopic (exact) mass is 433 g/mol. The molecule has 2 N–H and O–H groups in total. The summed E-state index contributed by atoms with van der Waals surface area (Å²) < 4.78 is 13.8. The largest absolute Gasteiger partial charge is 0.366 e. The summed E-state index contributed by atoms with van der Waals surface area (Å²) in [5, 5.41) is 12.1. The highest BCUT2D eigenvalue weighted by Crippen LogP contribution is 2.23. The van der Waals surface area contributed by atoms with E-state index in [-0.39, 0.29) is 11.0 Å². The van der Waals surface area contributed by atoms with Crippen molar-refractivity contribution in [1.29, 1.82) is 5.41 Å². The van der Waals surface area contributed by atoms with Gasteiger partial charge in [-0.25, -0.2) is 9.37 Å². The molecule has 2 aromatic rings. The van der Waals surface area contributed by atoms with Crippen molar-refractivity contribution in [3.63, 3.8) is 0 Å². The van der Waals surface area contributed by atoms with E-state index in [1.807, 2.05) is 13.0 Å². The quantitative estimate of drug-likeness (QED) is 0.549. The fourth-order valence-electron chi connectivity index (χ4n) is 3.58. The van der Waals surface area contributed by atoms with Crippen LogP contribution in [-0.2, 0) is 0 Å². The van der Waals surface area contributed by atoms with Gasteiger partial charge in [0.15, 0.2) is 0 Å². The second-order valence-electron chi connectivity index (χ2n) is 7.61. The maximum atomic E-state index is 13.8. The molecule has 0 aliphatic carbocycles. The van der Waals surface area contributed by atoms with Crippen molar-refractivity contribution in [3.05, 3.63) is 40.8 Å². The third-order valence-electron chi connectivity index (χ3n) is 5.37. The van der Waals surface area contributed by atoms with Crippen molar-refractivity contribution in [1.82, 2.24) is 14.9 Å². The Morgan fingerprint density at radius 3 is 2.77 bits per heavy atom. The number of aromatic nitrogens is 2. The highest BCUT2D eigenvalue weighted by Gasteiger charge is 2.21. The number of nitrogens with one attached hydrogen (secondary N) is 2. The number of halogens is 2. The SMILES string of the molecule is CCN1CCCC(Nc2cc(C)nc(N(C)C(=N)N(C)c3ccc(Cl)c(F)c3)n2)C1. The van der Waals surface area contributed by atoms with Gasteiger partial charge in [-0.15, -0.1) is 0 Å². The van der Waals surface area contributed by atoms with Crippen LogP contribution in [0, 0.1) is 18.2 Å². The Balaban J connectivity index is 1.75. The summed E-state index contributed by atoms with van der Waals surface area (Å²) in [5.74, 6) is 0.749. The van der Waals surface area contributed by atoms with Gasteiger partial charge in [0, 0.05) is 44.1 Å². The summed E-state index contributed by atoms with van der Waals surface area (Å²) >= 11 is 5.77. The Bertz CT molecular complexity index is 907. The summed E-state index contributed by atoms with van der Waals surface area (Å²) in [6, 6.07) is 6.71. The van der Waals surface area contributed by atoms with E-state index in [1.165, 1.54) is 12.1 Å². The minimum Gasteiger partial charge on any atom is -0.366 e. The minimum atomic E-state index is -0.525. The number of likely N-dealkylation sites (N-methyl/N-ethyl adjacent to an activating group) is 1. The van der Waals surface area contributed by atoms with Gasteiger partial charge in [-0.3, -0.25) is 10.3 Å². The lowest BCUT2D eigenvalue weighted by atomic mass is 10.1. The Morgan fingerprint density at radius 2 is 2.07 bits per heavy atom. The third-order valence-corrected chi connectivity index (χ3v) is 5.68. The molecule has 1 aromatic heterocycles. The van der Waals surface area contributed by atoms with Crippen LogP contribution < -0.4 is 15.1 Å². The van der Waals surface area contributed by atoms with Crippen molar-refractivity contribution in [2.75, 3.05) is 48.8 Å². The molecular weight excluding hydrogens is 405 g/mol. The molecule has 1 atom stereocenters. The summed E-state index contributed by atoms with van der Waals surface area (Å²) in [4.78, 5) is 14.7. The van der Waals surface area contributed by atoms with Crippen molar-refractivity contribution in [2.45, 2.75) is 32.7 Å². The van der Waals surface area contributed by atoms with Gasteiger partial charge < -0.3 is 15.1 Å². The van der Waals surface area contributed by atoms with Gasteiger partial charge in [0.05, 0.1) is 5.02 Å². The zero-order valence-corrected chi connectivity index (χ0v) is 18.7. The van der Waals surface area contributed by atoms with Gasteiger partial charge in [0.1, 0.15) is 11.6 Å². The average molecular weight is 434 g/mol. The van der Waals surface area contributed by atoms with Gasteiger partial charge in [-0.1, -0.05) is 18.5 Å². The van der Waals surface area contributed by atoms with Gasteiger partial charge in [-0.2, -0.15) is 4.98 Å². The van der Waals surface area contributed by atoms with Crippen molar-refractivity contribution in [2.24, 2.45) is 0 Å². The zero-order valence-electron chi connectivity index (χ0n) is 17.9. The predicted octanol–water partition coefficient (Wildman–Crippen LogP) is 3.98. The van der Waals surface area contributed by atoms with E-state index in [9.17, 15) is 4.39 Å². The van der Waals surface area contributed by atoms with E-state index in [0.29, 0.717) is 17.7 Å². The van der Waals surface area contributed by atoms with Crippen LogP contribution in [0.3, 0.4) is 0 Å². The van der Waals surface area contributed by atoms with E-state index in [2.05, 4.69) is 27.1 Å². The van der Waals surface area contributed by atoms with Crippen LogP contribution >= 0.6 is 11.6 Å². The molecule has 1 aliphatic rings. The van der Waals surface area contributed by atoms with E-state index in [4.69, 9.17) is 17.0 Å². The highest BCUT2D eigenvalue weighted by molar-refractivity contribution is 6.30. The van der Waals surface area contributed by atoms with Crippen LogP contribution in [0.25, 0.3) is 0 Å². The number of nitrogens with zero attached hydrogens (tertiary/aromatic N) is 5. The summed E-state index contributed by atoms with van der Waals surface area (Å²) in [6.07, 6.45) is 2.26. The van der Waals surface area contributed by atoms with Crippen LogP contribution in [-0.4, -0.2) is 60.6 Å². The average Bonchev–Trinajstić information content (AvgIpc) is 2.73. The molecule has 9 heteroatoms. The number of hydrogen-bond donors (Lipinski definition) is 2. The van der Waals surface area contributed by atoms with E-state index < -0.39 is 5.82 Å². The molecule has 2 heterocycles. The first-order valence-electron chi connectivity index (χ1n) is 10.1. The Kier molecular flexibility index (Phi) is 7.10. The van der Waals surface area contributed by atoms with Crippen LogP contribution in [0.4, 0.5) is 21.8 Å². The highest BCUT2D eigenvalue weighted by atomic mass is 35.5. The van der Waals surface area contributed by atoms with Gasteiger partial charge >= 0.3 is 0 Å². The minimum absolute atomic E-state index is 0.0501. The smallest absolute Gasteiger partial charge is 0.234 e. The molecule has 0 bridgehead atoms. The number of hydrogen-bond acceptors (Lipinski definition) is 5. The second-order valence-corrected chi connectivity index (χ2v) is 8.02. The molecule has 30 heavy (non-hydrogen) atoms. The Labute approximate surface area is 182 Å². The normalized spacial score (nSPS) is 16.9. The van der Waals surface area contributed by atoms with E-state index in [0.717, 1.165) is 44.0 Å². The Morgan fingerprint density at radius 1 is 1.30 bits per heavy atom. The molecule has 3 rings (SSSR count). The molecule has 1 fully saturated rings. The number of aryl methyl sites for hydroxylation is 1. The first-order valence-corrected chi connectivity index (χ1v) is 10.5. The molecule has 1 aromatic carbocycles. The van der Waals surface area contributed by atoms with Crippen molar-refractivity contribution >= 4 is 35.0 Å². The van der Waals surface area contributed by atoms with Crippen LogP contribution in [0.2, 0.25) is 5.02 Å². The molecule has 162 valence electrons. The molecular formula is C21H29ClFN7. The molecule has 7 nitrogen and oxygen atoms in total. The molecule has 1 saturated heterocycles. The zero-order chi connectivity index (χ0) is 21.8. The third kappa shape index (κ3) is 5.17. The summed E-state index contributed by atoms with van der Waals surface area (Å²) in [5.41, 5.74) is 1.33. The lowest BCUT2D eigenvalue weighted by Crippen LogP contribution is -2.42. The van der Waals surface area contributed by atoms with Gasteiger partial charge in [0.25, 0.3) is 0 Å². The van der Waals surface area contributed by atoms with Crippen molar-refractivity contribution < 1.29 is 4.39 Å². The fraction of sp³-hybridized carbons (Fsp3) is 0.476. The van der Waals surface area contributed by atoms with Crippen LogP contribution in [0.1, 0.15) is 25.5 Å². The van der Waals surface area contributed by atoms with Crippen LogP contribution in [0.5, 0.6) is 0 Å². The van der Waals surface area contributed by atoms with E-state index >= 15 is 0 Å². The first-order chi connectivity index (χ1) is 14.3. The molecule has 1 unspecified atom stereocenters. The summed E-state index contributed by atoms with van der Waals surface area (Å²) in [7, 11) is 3.42. The van der Waals surface area contributed by atoms with Crippen LogP contribution in [0.15, 0.2) is 24.3 Å². The first kappa shape index (κ1) is 22.2. The molecule has 0 spiro atoms.